The van der Waals surface area contributed by atoms with Crippen molar-refractivity contribution in [3.05, 3.63) is 0 Å². The van der Waals surface area contributed by atoms with Gasteiger partial charge in [0.15, 0.2) is 0 Å². The SMILES string of the molecule is FC(F)C(F)C(F)(F)CC(F)(F)F. The molecule has 0 aliphatic carbocycles. The zero-order chi connectivity index (χ0) is 10.9. The molecule has 8 heteroatoms. The van der Waals surface area contributed by atoms with Crippen LogP contribution in [0.25, 0.3) is 0 Å². The lowest BCUT2D eigenvalue weighted by atomic mass is 10.1. The molecular formula is C5H4F8. The maximum Gasteiger partial charge on any atom is 0.394 e. The number of halogens is 8. The standard InChI is InChI=1S/C5H4F8/c6-2(3(7)8)4(9,10)1-5(11,12)13/h2-3H,1H2. The van der Waals surface area contributed by atoms with Gasteiger partial charge in [0, 0.05) is 0 Å². The monoisotopic (exact) mass is 216 g/mol. The summed E-state index contributed by atoms with van der Waals surface area (Å²) in [4.78, 5) is 0. The van der Waals surface area contributed by atoms with E-state index < -0.39 is 31.1 Å². The molecule has 0 aliphatic heterocycles. The van der Waals surface area contributed by atoms with Crippen molar-refractivity contribution in [1.29, 1.82) is 0 Å². The van der Waals surface area contributed by atoms with Gasteiger partial charge in [-0.2, -0.15) is 13.2 Å². The molecule has 1 unspecified atom stereocenters. The zero-order valence-electron chi connectivity index (χ0n) is 5.89. The molecule has 0 heterocycles. The molecule has 0 nitrogen and oxygen atoms in total. The number of hydrogen-bond acceptors (Lipinski definition) is 0. The van der Waals surface area contributed by atoms with Gasteiger partial charge in [-0.25, -0.2) is 22.0 Å². The quantitative estimate of drug-likeness (QED) is 0.635. The topological polar surface area (TPSA) is 0 Å². The van der Waals surface area contributed by atoms with E-state index in [0.29, 0.717) is 0 Å². The van der Waals surface area contributed by atoms with E-state index in [1.165, 1.54) is 0 Å². The normalized spacial score (nSPS) is 16.4. The minimum atomic E-state index is -5.37. The summed E-state index contributed by atoms with van der Waals surface area (Å²) in [6, 6.07) is 0. The molecule has 0 aromatic carbocycles. The van der Waals surface area contributed by atoms with Crippen molar-refractivity contribution in [3.8, 4) is 0 Å². The summed E-state index contributed by atoms with van der Waals surface area (Å²) in [5.41, 5.74) is 0. The summed E-state index contributed by atoms with van der Waals surface area (Å²) < 4.78 is 92.2. The predicted octanol–water partition coefficient (Wildman–Crippen LogP) is 3.18. The van der Waals surface area contributed by atoms with Gasteiger partial charge < -0.3 is 0 Å². The third-order valence-corrected chi connectivity index (χ3v) is 1.06. The van der Waals surface area contributed by atoms with Crippen LogP contribution in [0.2, 0.25) is 0 Å². The van der Waals surface area contributed by atoms with E-state index in [-0.39, 0.29) is 0 Å². The van der Waals surface area contributed by atoms with E-state index in [1.54, 1.807) is 0 Å². The van der Waals surface area contributed by atoms with Gasteiger partial charge in [-0.05, 0) is 0 Å². The highest BCUT2D eigenvalue weighted by Crippen LogP contribution is 2.37. The van der Waals surface area contributed by atoms with Gasteiger partial charge in [0.25, 0.3) is 12.3 Å². The molecule has 0 saturated heterocycles. The first-order chi connectivity index (χ1) is 5.56. The first kappa shape index (κ1) is 12.4. The van der Waals surface area contributed by atoms with Crippen LogP contribution in [0.1, 0.15) is 6.42 Å². The Morgan fingerprint density at radius 1 is 0.846 bits per heavy atom. The summed E-state index contributed by atoms with van der Waals surface area (Å²) in [7, 11) is 0. The lowest BCUT2D eigenvalue weighted by molar-refractivity contribution is -0.218. The Labute approximate surface area is 67.5 Å². The molecule has 1 atom stereocenters. The summed E-state index contributed by atoms with van der Waals surface area (Å²) in [5, 5.41) is 0. The van der Waals surface area contributed by atoms with Crippen molar-refractivity contribution in [2.24, 2.45) is 0 Å². The average molecular weight is 216 g/mol. The largest absolute Gasteiger partial charge is 0.394 e. The molecule has 13 heavy (non-hydrogen) atoms. The summed E-state index contributed by atoms with van der Waals surface area (Å²) in [6.07, 6.45) is -16.5. The second kappa shape index (κ2) is 3.67. The molecule has 80 valence electrons. The lowest BCUT2D eigenvalue weighted by Crippen LogP contribution is -2.39. The summed E-state index contributed by atoms with van der Waals surface area (Å²) in [6.45, 7) is 0. The molecule has 0 bridgehead atoms. The Kier molecular flexibility index (Phi) is 3.51. The maximum absolute atomic E-state index is 12.0. The van der Waals surface area contributed by atoms with Crippen LogP contribution < -0.4 is 0 Å². The van der Waals surface area contributed by atoms with Crippen LogP contribution in [0.15, 0.2) is 0 Å². The smallest absolute Gasteiger partial charge is 0.234 e. The third kappa shape index (κ3) is 4.28. The minimum absolute atomic E-state index is 2.88. The summed E-state index contributed by atoms with van der Waals surface area (Å²) in [5.74, 6) is -5.08. The highest BCUT2D eigenvalue weighted by atomic mass is 19.4. The molecule has 0 fully saturated rings. The van der Waals surface area contributed by atoms with Gasteiger partial charge >= 0.3 is 6.18 Å². The molecule has 0 radical (unpaired) electrons. The number of rotatable bonds is 3. The van der Waals surface area contributed by atoms with Crippen LogP contribution in [-0.2, 0) is 0 Å². The van der Waals surface area contributed by atoms with Crippen molar-refractivity contribution in [1.82, 2.24) is 0 Å². The van der Waals surface area contributed by atoms with Crippen molar-refractivity contribution < 1.29 is 35.1 Å². The van der Waals surface area contributed by atoms with Crippen LogP contribution >= 0.6 is 0 Å². The molecule has 0 aliphatic rings. The highest BCUT2D eigenvalue weighted by molar-refractivity contribution is 4.81. The molecule has 0 rings (SSSR count). The first-order valence-corrected chi connectivity index (χ1v) is 2.93. The van der Waals surface area contributed by atoms with E-state index in [1.807, 2.05) is 0 Å². The fraction of sp³-hybridized carbons (Fsp3) is 1.00. The zero-order valence-corrected chi connectivity index (χ0v) is 5.89. The van der Waals surface area contributed by atoms with Crippen molar-refractivity contribution >= 4 is 0 Å². The molecule has 0 N–H and O–H groups in total. The third-order valence-electron chi connectivity index (χ3n) is 1.06. The number of alkyl halides is 8. The molecule has 0 aromatic heterocycles. The van der Waals surface area contributed by atoms with Crippen molar-refractivity contribution in [2.45, 2.75) is 31.1 Å². The van der Waals surface area contributed by atoms with Crippen LogP contribution in [-0.4, -0.2) is 24.7 Å². The van der Waals surface area contributed by atoms with Crippen molar-refractivity contribution in [3.63, 3.8) is 0 Å². The molecule has 0 aromatic rings. The molecular weight excluding hydrogens is 212 g/mol. The molecule has 0 amide bonds. The van der Waals surface area contributed by atoms with Crippen LogP contribution in [0, 0.1) is 0 Å². The van der Waals surface area contributed by atoms with E-state index in [2.05, 4.69) is 0 Å². The second-order valence-corrected chi connectivity index (χ2v) is 2.29. The van der Waals surface area contributed by atoms with E-state index in [4.69, 9.17) is 0 Å². The van der Waals surface area contributed by atoms with Gasteiger partial charge in [0.1, 0.15) is 6.42 Å². The summed E-state index contributed by atoms with van der Waals surface area (Å²) >= 11 is 0. The predicted molar refractivity (Wildman–Crippen MR) is 26.5 cm³/mol. The van der Waals surface area contributed by atoms with E-state index in [0.717, 1.165) is 0 Å². The molecule has 0 spiro atoms. The minimum Gasteiger partial charge on any atom is -0.234 e. The van der Waals surface area contributed by atoms with Crippen LogP contribution in [0.4, 0.5) is 35.1 Å². The highest BCUT2D eigenvalue weighted by Gasteiger charge is 2.53. The lowest BCUT2D eigenvalue weighted by Gasteiger charge is -2.20. The fourth-order valence-corrected chi connectivity index (χ4v) is 0.549. The van der Waals surface area contributed by atoms with Crippen LogP contribution in [0.5, 0.6) is 0 Å². The maximum atomic E-state index is 12.0. The Morgan fingerprint density at radius 3 is 1.46 bits per heavy atom. The number of hydrogen-bond donors (Lipinski definition) is 0. The van der Waals surface area contributed by atoms with Gasteiger partial charge in [-0.15, -0.1) is 0 Å². The van der Waals surface area contributed by atoms with Gasteiger partial charge in [0.05, 0.1) is 0 Å². The Hall–Kier alpha value is -0.560. The van der Waals surface area contributed by atoms with E-state index >= 15 is 0 Å². The van der Waals surface area contributed by atoms with Gasteiger partial charge in [-0.1, -0.05) is 0 Å². The van der Waals surface area contributed by atoms with Gasteiger partial charge in [-0.3, -0.25) is 0 Å². The molecule has 0 saturated carbocycles. The van der Waals surface area contributed by atoms with E-state index in [9.17, 15) is 35.1 Å². The Morgan fingerprint density at radius 2 is 1.23 bits per heavy atom. The van der Waals surface area contributed by atoms with Gasteiger partial charge in [0.2, 0.25) is 6.17 Å². The first-order valence-electron chi connectivity index (χ1n) is 2.93. The second-order valence-electron chi connectivity index (χ2n) is 2.29. The fourth-order valence-electron chi connectivity index (χ4n) is 0.549. The Bertz CT molecular complexity index is 158. The Balaban J connectivity index is 4.39. The van der Waals surface area contributed by atoms with Crippen LogP contribution in [0.3, 0.4) is 0 Å². The average Bonchev–Trinajstić information content (AvgIpc) is 1.80. The van der Waals surface area contributed by atoms with Crippen molar-refractivity contribution in [2.75, 3.05) is 0 Å².